The number of aromatic carboxylic acids is 1. The molecule has 0 fully saturated rings. The van der Waals surface area contributed by atoms with Crippen LogP contribution in [0.25, 0.3) is 27.5 Å². The Morgan fingerprint density at radius 2 is 1.53 bits per heavy atom. The summed E-state index contributed by atoms with van der Waals surface area (Å²) in [5, 5.41) is 11.2. The van der Waals surface area contributed by atoms with Crippen molar-refractivity contribution in [3.63, 3.8) is 0 Å². The van der Waals surface area contributed by atoms with Gasteiger partial charge in [0.15, 0.2) is 0 Å². The standard InChI is InChI=1S/C30H26O2/c1-19-5-4-6-24(15-19)26-13-14-30(2,3)28-12-11-23(18-27(26)28)21-7-8-22-17-25(29(31)32)10-9-20(22)16-21/h4-13,15-18H,14H2,1-3H3,(H,31,32). The molecule has 2 heteroatoms. The number of hydrogen-bond donors (Lipinski definition) is 1. The summed E-state index contributed by atoms with van der Waals surface area (Å²) in [4.78, 5) is 11.3. The molecule has 5 rings (SSSR count). The number of benzene rings is 4. The fourth-order valence-corrected chi connectivity index (χ4v) is 4.76. The molecule has 32 heavy (non-hydrogen) atoms. The zero-order valence-corrected chi connectivity index (χ0v) is 18.6. The summed E-state index contributed by atoms with van der Waals surface area (Å²) in [5.74, 6) is -0.899. The predicted molar refractivity (Wildman–Crippen MR) is 132 cm³/mol. The highest BCUT2D eigenvalue weighted by Gasteiger charge is 2.28. The van der Waals surface area contributed by atoms with Crippen molar-refractivity contribution in [2.45, 2.75) is 32.6 Å². The van der Waals surface area contributed by atoms with Gasteiger partial charge in [0.1, 0.15) is 0 Å². The second-order valence-electron chi connectivity index (χ2n) is 9.42. The van der Waals surface area contributed by atoms with Crippen LogP contribution in [0.2, 0.25) is 0 Å². The zero-order chi connectivity index (χ0) is 22.5. The van der Waals surface area contributed by atoms with Crippen molar-refractivity contribution in [2.24, 2.45) is 0 Å². The van der Waals surface area contributed by atoms with Crippen molar-refractivity contribution < 1.29 is 9.90 Å². The molecule has 4 aromatic rings. The molecule has 0 atom stereocenters. The number of allylic oxidation sites excluding steroid dienone is 1. The fourth-order valence-electron chi connectivity index (χ4n) is 4.76. The Kier molecular flexibility index (Phi) is 4.74. The van der Waals surface area contributed by atoms with Gasteiger partial charge < -0.3 is 5.11 Å². The summed E-state index contributed by atoms with van der Waals surface area (Å²) in [7, 11) is 0. The lowest BCUT2D eigenvalue weighted by molar-refractivity contribution is 0.0697. The summed E-state index contributed by atoms with van der Waals surface area (Å²) in [6, 6.07) is 27.1. The highest BCUT2D eigenvalue weighted by molar-refractivity contribution is 5.96. The second kappa shape index (κ2) is 7.49. The summed E-state index contributed by atoms with van der Waals surface area (Å²) < 4.78 is 0. The maximum absolute atomic E-state index is 11.3. The predicted octanol–water partition coefficient (Wildman–Crippen LogP) is 7.63. The van der Waals surface area contributed by atoms with Crippen LogP contribution in [-0.4, -0.2) is 11.1 Å². The Labute approximate surface area is 188 Å². The molecule has 1 N–H and O–H groups in total. The molecule has 0 saturated heterocycles. The lowest BCUT2D eigenvalue weighted by Crippen LogP contribution is -2.21. The highest BCUT2D eigenvalue weighted by Crippen LogP contribution is 2.43. The lowest BCUT2D eigenvalue weighted by atomic mass is 9.71. The van der Waals surface area contributed by atoms with E-state index in [1.807, 2.05) is 12.1 Å². The normalized spacial score (nSPS) is 14.7. The van der Waals surface area contributed by atoms with Gasteiger partial charge in [-0.25, -0.2) is 4.79 Å². The Balaban J connectivity index is 1.63. The third-order valence-electron chi connectivity index (χ3n) is 6.60. The molecule has 0 heterocycles. The summed E-state index contributed by atoms with van der Waals surface area (Å²) in [5.41, 5.74) is 9.22. The Morgan fingerprint density at radius 1 is 0.812 bits per heavy atom. The summed E-state index contributed by atoms with van der Waals surface area (Å²) >= 11 is 0. The van der Waals surface area contributed by atoms with Gasteiger partial charge in [-0.3, -0.25) is 0 Å². The number of fused-ring (bicyclic) bond motifs is 2. The molecule has 0 saturated carbocycles. The number of hydrogen-bond acceptors (Lipinski definition) is 1. The van der Waals surface area contributed by atoms with Gasteiger partial charge in [-0.1, -0.05) is 80.1 Å². The highest BCUT2D eigenvalue weighted by atomic mass is 16.4. The molecule has 0 unspecified atom stereocenters. The number of aryl methyl sites for hydroxylation is 1. The average molecular weight is 419 g/mol. The first-order chi connectivity index (χ1) is 15.3. The van der Waals surface area contributed by atoms with Crippen molar-refractivity contribution in [3.05, 3.63) is 113 Å². The van der Waals surface area contributed by atoms with Gasteiger partial charge in [0.25, 0.3) is 0 Å². The van der Waals surface area contributed by atoms with Crippen LogP contribution in [0, 0.1) is 6.92 Å². The van der Waals surface area contributed by atoms with Crippen molar-refractivity contribution in [2.75, 3.05) is 0 Å². The number of carboxylic acid groups (broad SMARTS) is 1. The minimum absolute atomic E-state index is 0.0950. The van der Waals surface area contributed by atoms with Gasteiger partial charge in [0, 0.05) is 0 Å². The topological polar surface area (TPSA) is 37.3 Å². The van der Waals surface area contributed by atoms with Crippen LogP contribution in [0.15, 0.2) is 84.9 Å². The van der Waals surface area contributed by atoms with E-state index in [2.05, 4.69) is 81.4 Å². The SMILES string of the molecule is Cc1cccc(C2=CCC(C)(C)c3ccc(-c4ccc5cc(C(=O)O)ccc5c4)cc32)c1. The van der Waals surface area contributed by atoms with E-state index in [1.165, 1.54) is 33.4 Å². The third-order valence-corrected chi connectivity index (χ3v) is 6.60. The second-order valence-corrected chi connectivity index (χ2v) is 9.42. The van der Waals surface area contributed by atoms with Crippen LogP contribution < -0.4 is 0 Å². The molecule has 0 aliphatic heterocycles. The first-order valence-electron chi connectivity index (χ1n) is 11.0. The van der Waals surface area contributed by atoms with Crippen LogP contribution in [0.4, 0.5) is 0 Å². The van der Waals surface area contributed by atoms with Crippen LogP contribution in [-0.2, 0) is 5.41 Å². The molecule has 158 valence electrons. The Bertz CT molecular complexity index is 1410. The first kappa shape index (κ1) is 20.3. The summed E-state index contributed by atoms with van der Waals surface area (Å²) in [6.07, 6.45) is 3.40. The Morgan fingerprint density at radius 3 is 2.31 bits per heavy atom. The minimum atomic E-state index is -0.899. The van der Waals surface area contributed by atoms with Gasteiger partial charge in [-0.05, 0) is 87.2 Å². The number of carbonyl (C=O) groups is 1. The molecule has 0 amide bonds. The van der Waals surface area contributed by atoms with E-state index >= 15 is 0 Å². The van der Waals surface area contributed by atoms with Gasteiger partial charge in [0.2, 0.25) is 0 Å². The monoisotopic (exact) mass is 418 g/mol. The molecule has 0 bridgehead atoms. The van der Waals surface area contributed by atoms with Crippen molar-refractivity contribution in [1.29, 1.82) is 0 Å². The lowest BCUT2D eigenvalue weighted by Gasteiger charge is -2.33. The van der Waals surface area contributed by atoms with Crippen LogP contribution in [0.1, 0.15) is 52.9 Å². The van der Waals surface area contributed by atoms with Crippen molar-refractivity contribution >= 4 is 22.3 Å². The minimum Gasteiger partial charge on any atom is -0.478 e. The molecular weight excluding hydrogens is 392 g/mol. The van der Waals surface area contributed by atoms with Crippen LogP contribution in [0.3, 0.4) is 0 Å². The zero-order valence-electron chi connectivity index (χ0n) is 18.6. The largest absolute Gasteiger partial charge is 0.478 e. The van der Waals surface area contributed by atoms with Gasteiger partial charge in [0.05, 0.1) is 5.56 Å². The van der Waals surface area contributed by atoms with E-state index in [-0.39, 0.29) is 5.41 Å². The first-order valence-corrected chi connectivity index (χ1v) is 11.0. The number of rotatable bonds is 3. The van der Waals surface area contributed by atoms with Crippen LogP contribution >= 0.6 is 0 Å². The maximum atomic E-state index is 11.3. The Hall–Kier alpha value is -3.65. The molecule has 1 aliphatic carbocycles. The maximum Gasteiger partial charge on any atom is 0.335 e. The van der Waals surface area contributed by atoms with Crippen molar-refractivity contribution in [3.8, 4) is 11.1 Å². The van der Waals surface area contributed by atoms with Crippen LogP contribution in [0.5, 0.6) is 0 Å². The molecule has 2 nitrogen and oxygen atoms in total. The van der Waals surface area contributed by atoms with E-state index in [0.717, 1.165) is 22.8 Å². The van der Waals surface area contributed by atoms with E-state index in [1.54, 1.807) is 12.1 Å². The van der Waals surface area contributed by atoms with E-state index < -0.39 is 5.97 Å². The van der Waals surface area contributed by atoms with E-state index in [0.29, 0.717) is 5.56 Å². The van der Waals surface area contributed by atoms with Crippen molar-refractivity contribution in [1.82, 2.24) is 0 Å². The number of carboxylic acids is 1. The molecule has 4 aromatic carbocycles. The smallest absolute Gasteiger partial charge is 0.335 e. The van der Waals surface area contributed by atoms with E-state index in [4.69, 9.17) is 0 Å². The molecule has 1 aliphatic rings. The van der Waals surface area contributed by atoms with E-state index in [9.17, 15) is 9.90 Å². The fraction of sp³-hybridized carbons (Fsp3) is 0.167. The molecule has 0 radical (unpaired) electrons. The third kappa shape index (κ3) is 3.52. The van der Waals surface area contributed by atoms with Gasteiger partial charge >= 0.3 is 5.97 Å². The molecule has 0 spiro atoms. The summed E-state index contributed by atoms with van der Waals surface area (Å²) in [6.45, 7) is 6.76. The molecule has 0 aromatic heterocycles. The molecular formula is C30H26O2. The average Bonchev–Trinajstić information content (AvgIpc) is 2.78. The van der Waals surface area contributed by atoms with Gasteiger partial charge in [-0.15, -0.1) is 0 Å². The van der Waals surface area contributed by atoms with Gasteiger partial charge in [-0.2, -0.15) is 0 Å². The quantitative estimate of drug-likeness (QED) is 0.371.